The van der Waals surface area contributed by atoms with E-state index in [-0.39, 0.29) is 0 Å². The Morgan fingerprint density at radius 3 is 2.00 bits per heavy atom. The van der Waals surface area contributed by atoms with Gasteiger partial charge in [0, 0.05) is 5.88 Å². The summed E-state index contributed by atoms with van der Waals surface area (Å²) in [5, 5.41) is 0. The number of hydrogen-bond acceptors (Lipinski definition) is 0. The highest BCUT2D eigenvalue weighted by molar-refractivity contribution is 6.18. The fraction of sp³-hybridized carbons (Fsp3) is 0.368. The lowest BCUT2D eigenvalue weighted by Gasteiger charge is -2.15. The van der Waals surface area contributed by atoms with Gasteiger partial charge >= 0.3 is 0 Å². The van der Waals surface area contributed by atoms with Crippen LogP contribution in [0.15, 0.2) is 42.5 Å². The molecule has 0 spiro atoms. The molecule has 2 aromatic rings. The molecule has 0 radical (unpaired) electrons. The summed E-state index contributed by atoms with van der Waals surface area (Å²) in [4.78, 5) is 0. The minimum atomic E-state index is 0.500. The Kier molecular flexibility index (Phi) is 5.25. The molecule has 0 bridgehead atoms. The molecule has 2 aromatic carbocycles. The van der Waals surface area contributed by atoms with Crippen LogP contribution in [0.4, 0.5) is 0 Å². The molecule has 0 N–H and O–H groups in total. The minimum Gasteiger partial charge on any atom is -0.126 e. The largest absolute Gasteiger partial charge is 0.126 e. The average molecular weight is 287 g/mol. The average Bonchev–Trinajstić information content (AvgIpc) is 2.36. The van der Waals surface area contributed by atoms with Crippen LogP contribution in [0.25, 0.3) is 0 Å². The summed E-state index contributed by atoms with van der Waals surface area (Å²) in [7, 11) is 0. The first-order chi connectivity index (χ1) is 9.56. The van der Waals surface area contributed by atoms with Crippen LogP contribution in [-0.2, 0) is 12.8 Å². The fourth-order valence-electron chi connectivity index (χ4n) is 2.87. The van der Waals surface area contributed by atoms with E-state index in [9.17, 15) is 0 Å². The van der Waals surface area contributed by atoms with Gasteiger partial charge in [-0.3, -0.25) is 0 Å². The highest BCUT2D eigenvalue weighted by Crippen LogP contribution is 2.19. The highest BCUT2D eigenvalue weighted by Gasteiger charge is 2.10. The molecule has 0 aliphatic rings. The molecule has 1 unspecified atom stereocenters. The van der Waals surface area contributed by atoms with Gasteiger partial charge in [0.15, 0.2) is 0 Å². The Labute approximate surface area is 127 Å². The maximum atomic E-state index is 6.19. The molecule has 0 nitrogen and oxygen atoms in total. The number of benzene rings is 2. The molecule has 2 rings (SSSR count). The number of alkyl halides is 1. The van der Waals surface area contributed by atoms with E-state index in [1.807, 2.05) is 0 Å². The van der Waals surface area contributed by atoms with Gasteiger partial charge in [-0.2, -0.15) is 0 Å². The molecule has 1 atom stereocenters. The minimum absolute atomic E-state index is 0.500. The lowest BCUT2D eigenvalue weighted by Crippen LogP contribution is -2.10. The third kappa shape index (κ3) is 4.38. The van der Waals surface area contributed by atoms with E-state index >= 15 is 0 Å². The fourth-order valence-corrected chi connectivity index (χ4v) is 3.09. The van der Waals surface area contributed by atoms with Crippen molar-refractivity contribution in [2.75, 3.05) is 5.88 Å². The van der Waals surface area contributed by atoms with Crippen molar-refractivity contribution in [2.45, 2.75) is 33.6 Å². The van der Waals surface area contributed by atoms with Gasteiger partial charge in [0.1, 0.15) is 0 Å². The van der Waals surface area contributed by atoms with Crippen molar-refractivity contribution >= 4 is 11.6 Å². The van der Waals surface area contributed by atoms with Crippen LogP contribution in [0.5, 0.6) is 0 Å². The van der Waals surface area contributed by atoms with Crippen molar-refractivity contribution in [1.82, 2.24) is 0 Å². The summed E-state index contributed by atoms with van der Waals surface area (Å²) in [5.41, 5.74) is 6.79. The van der Waals surface area contributed by atoms with E-state index in [1.54, 1.807) is 0 Å². The molecule has 0 amide bonds. The van der Waals surface area contributed by atoms with Crippen molar-refractivity contribution in [1.29, 1.82) is 0 Å². The van der Waals surface area contributed by atoms with Crippen molar-refractivity contribution in [3.8, 4) is 0 Å². The van der Waals surface area contributed by atoms with Gasteiger partial charge in [0.05, 0.1) is 0 Å². The van der Waals surface area contributed by atoms with Crippen molar-refractivity contribution in [2.24, 2.45) is 5.92 Å². The molecule has 0 aliphatic heterocycles. The van der Waals surface area contributed by atoms with Crippen LogP contribution in [0.2, 0.25) is 0 Å². The standard InChI is InChI=1S/C19H23Cl/c1-14-5-4-6-17(8-14)11-19(13-20)12-18-9-15(2)7-16(3)10-18/h4-10,19H,11-13H2,1-3H3. The molecule has 0 aromatic heterocycles. The molecule has 0 heterocycles. The van der Waals surface area contributed by atoms with E-state index in [0.29, 0.717) is 11.8 Å². The molecule has 0 aliphatic carbocycles. The Bertz CT molecular complexity index is 551. The summed E-state index contributed by atoms with van der Waals surface area (Å²) in [6, 6.07) is 15.5. The first-order valence-corrected chi connectivity index (χ1v) is 7.79. The molecule has 0 saturated heterocycles. The van der Waals surface area contributed by atoms with E-state index in [4.69, 9.17) is 11.6 Å². The zero-order valence-corrected chi connectivity index (χ0v) is 13.4. The van der Waals surface area contributed by atoms with Gasteiger partial charge in [0.25, 0.3) is 0 Å². The van der Waals surface area contributed by atoms with Crippen molar-refractivity contribution in [3.05, 3.63) is 70.3 Å². The van der Waals surface area contributed by atoms with E-state index in [0.717, 1.165) is 12.8 Å². The maximum Gasteiger partial charge on any atom is 0.0258 e. The van der Waals surface area contributed by atoms with Gasteiger partial charge in [-0.15, -0.1) is 11.6 Å². The number of aryl methyl sites for hydroxylation is 3. The molecule has 20 heavy (non-hydrogen) atoms. The van der Waals surface area contributed by atoms with Crippen LogP contribution >= 0.6 is 11.6 Å². The second-order valence-electron chi connectivity index (χ2n) is 5.91. The first kappa shape index (κ1) is 15.1. The number of hydrogen-bond donors (Lipinski definition) is 0. The third-order valence-electron chi connectivity index (χ3n) is 3.63. The monoisotopic (exact) mass is 286 g/mol. The Hall–Kier alpha value is -1.27. The van der Waals surface area contributed by atoms with Gasteiger partial charge in [-0.1, -0.05) is 59.2 Å². The molecular weight excluding hydrogens is 264 g/mol. The summed E-state index contributed by atoms with van der Waals surface area (Å²) in [5.74, 6) is 1.21. The molecular formula is C19H23Cl. The van der Waals surface area contributed by atoms with Crippen molar-refractivity contribution < 1.29 is 0 Å². The van der Waals surface area contributed by atoms with Crippen LogP contribution in [0.3, 0.4) is 0 Å². The summed E-state index contributed by atoms with van der Waals surface area (Å²) < 4.78 is 0. The van der Waals surface area contributed by atoms with Gasteiger partial charge in [-0.05, 0) is 50.7 Å². The Morgan fingerprint density at radius 1 is 0.800 bits per heavy atom. The van der Waals surface area contributed by atoms with Crippen molar-refractivity contribution in [3.63, 3.8) is 0 Å². The lowest BCUT2D eigenvalue weighted by molar-refractivity contribution is 0.583. The Morgan fingerprint density at radius 2 is 1.40 bits per heavy atom. The van der Waals surface area contributed by atoms with Gasteiger partial charge in [-0.25, -0.2) is 0 Å². The Balaban J connectivity index is 2.09. The lowest BCUT2D eigenvalue weighted by atomic mass is 9.92. The van der Waals surface area contributed by atoms with Gasteiger partial charge in [0.2, 0.25) is 0 Å². The van der Waals surface area contributed by atoms with Gasteiger partial charge < -0.3 is 0 Å². The van der Waals surface area contributed by atoms with Crippen LogP contribution in [0.1, 0.15) is 27.8 Å². The first-order valence-electron chi connectivity index (χ1n) is 7.25. The summed E-state index contributed by atoms with van der Waals surface area (Å²) in [6.07, 6.45) is 2.11. The third-order valence-corrected chi connectivity index (χ3v) is 4.07. The quantitative estimate of drug-likeness (QED) is 0.658. The molecule has 1 heteroatoms. The van der Waals surface area contributed by atoms with E-state index in [1.165, 1.54) is 27.8 Å². The number of halogens is 1. The second kappa shape index (κ2) is 6.95. The topological polar surface area (TPSA) is 0 Å². The SMILES string of the molecule is Cc1cccc(CC(CCl)Cc2cc(C)cc(C)c2)c1. The summed E-state index contributed by atoms with van der Waals surface area (Å²) in [6.45, 7) is 6.46. The normalized spacial score (nSPS) is 12.4. The van der Waals surface area contributed by atoms with Crippen LogP contribution < -0.4 is 0 Å². The molecule has 0 saturated carbocycles. The highest BCUT2D eigenvalue weighted by atomic mass is 35.5. The molecule has 0 fully saturated rings. The predicted octanol–water partition coefficient (Wildman–Crippen LogP) is 5.25. The maximum absolute atomic E-state index is 6.19. The van der Waals surface area contributed by atoms with E-state index in [2.05, 4.69) is 63.2 Å². The smallest absolute Gasteiger partial charge is 0.0258 e. The second-order valence-corrected chi connectivity index (χ2v) is 6.22. The van der Waals surface area contributed by atoms with E-state index < -0.39 is 0 Å². The van der Waals surface area contributed by atoms with Crippen LogP contribution in [-0.4, -0.2) is 5.88 Å². The zero-order valence-electron chi connectivity index (χ0n) is 12.6. The van der Waals surface area contributed by atoms with Crippen LogP contribution in [0, 0.1) is 26.7 Å². The predicted molar refractivity (Wildman–Crippen MR) is 88.7 cm³/mol. The zero-order chi connectivity index (χ0) is 14.5. The number of rotatable bonds is 5. The molecule has 106 valence electrons. The summed E-state index contributed by atoms with van der Waals surface area (Å²) >= 11 is 6.19.